The molecule has 20 heavy (non-hydrogen) atoms. The lowest BCUT2D eigenvalue weighted by Gasteiger charge is -2.17. The molecule has 0 saturated carbocycles. The van der Waals surface area contributed by atoms with Crippen molar-refractivity contribution >= 4 is 21.8 Å². The van der Waals surface area contributed by atoms with E-state index >= 15 is 0 Å². The van der Waals surface area contributed by atoms with Gasteiger partial charge in [-0.05, 0) is 42.9 Å². The molecule has 0 bridgehead atoms. The molecular formula is C13H17F2NO2S2. The van der Waals surface area contributed by atoms with E-state index in [9.17, 15) is 17.2 Å². The van der Waals surface area contributed by atoms with Gasteiger partial charge in [-0.2, -0.15) is 16.1 Å². The standard InChI is InChI=1S/C13H17F2NO2S2/c1-9-5-13(12(15)6-11(9)14)20(17,18)16-4-3-10(7-16)8-19-2/h5-6,10H,3-4,7-8H2,1-2H3. The number of aryl methyl sites for hydroxylation is 1. The number of sulfonamides is 1. The summed E-state index contributed by atoms with van der Waals surface area (Å²) in [6.45, 7) is 2.22. The van der Waals surface area contributed by atoms with Crippen LogP contribution in [0, 0.1) is 24.5 Å². The molecule has 1 atom stereocenters. The van der Waals surface area contributed by atoms with Crippen LogP contribution in [0.25, 0.3) is 0 Å². The van der Waals surface area contributed by atoms with Crippen LogP contribution in [-0.4, -0.2) is 37.8 Å². The number of hydrogen-bond acceptors (Lipinski definition) is 3. The van der Waals surface area contributed by atoms with E-state index in [2.05, 4.69) is 0 Å². The van der Waals surface area contributed by atoms with E-state index < -0.39 is 26.6 Å². The van der Waals surface area contributed by atoms with Crippen LogP contribution in [-0.2, 0) is 10.0 Å². The van der Waals surface area contributed by atoms with Gasteiger partial charge in [0.05, 0.1) is 0 Å². The SMILES string of the molecule is CSCC1CCN(S(=O)(=O)c2cc(C)c(F)cc2F)C1. The molecule has 1 saturated heterocycles. The van der Waals surface area contributed by atoms with Crippen molar-refractivity contribution in [1.82, 2.24) is 4.31 Å². The molecule has 3 nitrogen and oxygen atoms in total. The second kappa shape index (κ2) is 5.99. The zero-order chi connectivity index (χ0) is 14.9. The fourth-order valence-corrected chi connectivity index (χ4v) is 4.76. The number of hydrogen-bond donors (Lipinski definition) is 0. The van der Waals surface area contributed by atoms with Crippen LogP contribution < -0.4 is 0 Å². The van der Waals surface area contributed by atoms with Gasteiger partial charge in [-0.15, -0.1) is 0 Å². The Morgan fingerprint density at radius 1 is 1.35 bits per heavy atom. The molecular weight excluding hydrogens is 304 g/mol. The summed E-state index contributed by atoms with van der Waals surface area (Å²) in [5.41, 5.74) is 0.129. The van der Waals surface area contributed by atoms with Crippen molar-refractivity contribution in [2.24, 2.45) is 5.92 Å². The van der Waals surface area contributed by atoms with Gasteiger partial charge in [-0.25, -0.2) is 17.2 Å². The van der Waals surface area contributed by atoms with E-state index in [-0.39, 0.29) is 5.56 Å². The van der Waals surface area contributed by atoms with Crippen LogP contribution in [0.2, 0.25) is 0 Å². The zero-order valence-corrected chi connectivity index (χ0v) is 13.0. The Bertz CT molecular complexity index is 605. The molecule has 0 N–H and O–H groups in total. The number of thioether (sulfide) groups is 1. The smallest absolute Gasteiger partial charge is 0.207 e. The van der Waals surface area contributed by atoms with Crippen molar-refractivity contribution in [1.29, 1.82) is 0 Å². The van der Waals surface area contributed by atoms with Gasteiger partial charge in [0.2, 0.25) is 10.0 Å². The van der Waals surface area contributed by atoms with Crippen LogP contribution in [0.15, 0.2) is 17.0 Å². The molecule has 1 aromatic carbocycles. The molecule has 0 amide bonds. The second-order valence-electron chi connectivity index (χ2n) is 5.00. The lowest BCUT2D eigenvalue weighted by Crippen LogP contribution is -2.30. The number of benzene rings is 1. The van der Waals surface area contributed by atoms with Crippen molar-refractivity contribution in [3.63, 3.8) is 0 Å². The van der Waals surface area contributed by atoms with Crippen LogP contribution in [0.3, 0.4) is 0 Å². The minimum Gasteiger partial charge on any atom is -0.207 e. The highest BCUT2D eigenvalue weighted by Gasteiger charge is 2.34. The molecule has 7 heteroatoms. The number of nitrogens with zero attached hydrogens (tertiary/aromatic N) is 1. The summed E-state index contributed by atoms with van der Waals surface area (Å²) in [7, 11) is -3.88. The van der Waals surface area contributed by atoms with E-state index in [1.807, 2.05) is 6.26 Å². The average Bonchev–Trinajstić information content (AvgIpc) is 2.83. The molecule has 1 fully saturated rings. The monoisotopic (exact) mass is 321 g/mol. The summed E-state index contributed by atoms with van der Waals surface area (Å²) in [4.78, 5) is -0.429. The van der Waals surface area contributed by atoms with E-state index in [1.54, 1.807) is 11.8 Å². The molecule has 112 valence electrons. The first kappa shape index (κ1) is 15.7. The minimum atomic E-state index is -3.88. The van der Waals surface area contributed by atoms with Crippen molar-refractivity contribution in [3.8, 4) is 0 Å². The van der Waals surface area contributed by atoms with Gasteiger partial charge in [0.15, 0.2) is 0 Å². The summed E-state index contributed by atoms with van der Waals surface area (Å²) < 4.78 is 53.2. The molecule has 1 aromatic rings. The number of rotatable bonds is 4. The van der Waals surface area contributed by atoms with Gasteiger partial charge in [-0.1, -0.05) is 0 Å². The predicted molar refractivity (Wildman–Crippen MR) is 76.3 cm³/mol. The Kier molecular flexibility index (Phi) is 4.71. The van der Waals surface area contributed by atoms with Crippen LogP contribution >= 0.6 is 11.8 Å². The fourth-order valence-electron chi connectivity index (χ4n) is 2.35. The van der Waals surface area contributed by atoms with Crippen molar-refractivity contribution in [2.45, 2.75) is 18.2 Å². The summed E-state index contributed by atoms with van der Waals surface area (Å²) >= 11 is 1.67. The largest absolute Gasteiger partial charge is 0.246 e. The highest BCUT2D eigenvalue weighted by atomic mass is 32.2. The maximum absolute atomic E-state index is 13.8. The molecule has 0 aliphatic carbocycles. The Balaban J connectivity index is 2.30. The third-order valence-corrected chi connectivity index (χ3v) is 6.17. The van der Waals surface area contributed by atoms with Crippen molar-refractivity contribution in [2.75, 3.05) is 25.1 Å². The van der Waals surface area contributed by atoms with E-state index in [4.69, 9.17) is 0 Å². The Labute approximate surface area is 122 Å². The summed E-state index contributed by atoms with van der Waals surface area (Å²) in [5, 5.41) is 0. The maximum atomic E-state index is 13.8. The molecule has 1 unspecified atom stereocenters. The molecule has 0 radical (unpaired) electrons. The lowest BCUT2D eigenvalue weighted by molar-refractivity contribution is 0.457. The molecule has 2 rings (SSSR count). The highest BCUT2D eigenvalue weighted by molar-refractivity contribution is 7.98. The Morgan fingerprint density at radius 3 is 2.70 bits per heavy atom. The maximum Gasteiger partial charge on any atom is 0.246 e. The van der Waals surface area contributed by atoms with Crippen molar-refractivity contribution in [3.05, 3.63) is 29.3 Å². The first-order chi connectivity index (χ1) is 9.36. The fraction of sp³-hybridized carbons (Fsp3) is 0.538. The first-order valence-corrected chi connectivity index (χ1v) is 9.14. The zero-order valence-electron chi connectivity index (χ0n) is 11.4. The normalized spacial score (nSPS) is 20.5. The topological polar surface area (TPSA) is 37.4 Å². The predicted octanol–water partition coefficient (Wildman–Crippen LogP) is 2.65. The summed E-state index contributed by atoms with van der Waals surface area (Å²) in [6.07, 6.45) is 2.75. The molecule has 1 aliphatic rings. The third-order valence-electron chi connectivity index (χ3n) is 3.48. The molecule has 1 aliphatic heterocycles. The average molecular weight is 321 g/mol. The van der Waals surface area contributed by atoms with Gasteiger partial charge in [0.25, 0.3) is 0 Å². The first-order valence-electron chi connectivity index (χ1n) is 6.31. The Morgan fingerprint density at radius 2 is 2.05 bits per heavy atom. The lowest BCUT2D eigenvalue weighted by atomic mass is 10.2. The molecule has 0 spiro atoms. The van der Waals surface area contributed by atoms with Gasteiger partial charge >= 0.3 is 0 Å². The van der Waals surface area contributed by atoms with Crippen LogP contribution in [0.5, 0.6) is 0 Å². The second-order valence-corrected chi connectivity index (χ2v) is 7.82. The van der Waals surface area contributed by atoms with Gasteiger partial charge < -0.3 is 0 Å². The van der Waals surface area contributed by atoms with Gasteiger partial charge in [0, 0.05) is 19.2 Å². The van der Waals surface area contributed by atoms with Crippen LogP contribution in [0.4, 0.5) is 8.78 Å². The Hall–Kier alpha value is -0.660. The van der Waals surface area contributed by atoms with Gasteiger partial charge in [0.1, 0.15) is 16.5 Å². The minimum absolute atomic E-state index is 0.129. The number of halogens is 2. The summed E-state index contributed by atoms with van der Waals surface area (Å²) in [5.74, 6) is -0.578. The highest BCUT2D eigenvalue weighted by Crippen LogP contribution is 2.28. The van der Waals surface area contributed by atoms with E-state index in [0.29, 0.717) is 25.1 Å². The summed E-state index contributed by atoms with van der Waals surface area (Å²) in [6, 6.07) is 1.71. The van der Waals surface area contributed by atoms with Crippen LogP contribution in [0.1, 0.15) is 12.0 Å². The van der Waals surface area contributed by atoms with E-state index in [1.165, 1.54) is 11.2 Å². The van der Waals surface area contributed by atoms with Crippen molar-refractivity contribution < 1.29 is 17.2 Å². The van der Waals surface area contributed by atoms with E-state index in [0.717, 1.165) is 18.2 Å². The quantitative estimate of drug-likeness (QED) is 0.855. The third kappa shape index (κ3) is 2.99. The van der Waals surface area contributed by atoms with Gasteiger partial charge in [-0.3, -0.25) is 0 Å². The molecule has 1 heterocycles. The molecule has 0 aromatic heterocycles.